The topological polar surface area (TPSA) is 71.0 Å². The van der Waals surface area contributed by atoms with E-state index in [4.69, 9.17) is 0 Å². The SMILES string of the molecule is O=C(Nc1cccc2cccnc12)c1ccc(N2CCCCCC2)nn1. The number of rotatable bonds is 3. The first kappa shape index (κ1) is 16.4. The third kappa shape index (κ3) is 3.49. The average Bonchev–Trinajstić information content (AvgIpc) is 2.98. The van der Waals surface area contributed by atoms with Crippen LogP contribution in [-0.2, 0) is 0 Å². The van der Waals surface area contributed by atoms with Crippen LogP contribution >= 0.6 is 0 Å². The van der Waals surface area contributed by atoms with Crippen LogP contribution in [0, 0.1) is 0 Å². The zero-order chi connectivity index (χ0) is 17.8. The van der Waals surface area contributed by atoms with Crippen LogP contribution < -0.4 is 10.2 Å². The summed E-state index contributed by atoms with van der Waals surface area (Å²) in [5, 5.41) is 12.3. The highest BCUT2D eigenvalue weighted by Crippen LogP contribution is 2.21. The molecule has 0 radical (unpaired) electrons. The smallest absolute Gasteiger partial charge is 0.276 e. The summed E-state index contributed by atoms with van der Waals surface area (Å²) in [4.78, 5) is 19.1. The molecule has 132 valence electrons. The number of carbonyl (C=O) groups excluding carboxylic acids is 1. The van der Waals surface area contributed by atoms with E-state index >= 15 is 0 Å². The van der Waals surface area contributed by atoms with E-state index in [2.05, 4.69) is 25.4 Å². The molecule has 3 heterocycles. The van der Waals surface area contributed by atoms with Crippen molar-refractivity contribution in [3.05, 3.63) is 54.4 Å². The van der Waals surface area contributed by atoms with Crippen LogP contribution in [0.5, 0.6) is 0 Å². The van der Waals surface area contributed by atoms with Crippen LogP contribution in [0.2, 0.25) is 0 Å². The molecule has 1 aliphatic rings. The molecule has 0 aliphatic carbocycles. The Morgan fingerprint density at radius 1 is 0.923 bits per heavy atom. The van der Waals surface area contributed by atoms with E-state index in [1.54, 1.807) is 12.3 Å². The molecule has 26 heavy (non-hydrogen) atoms. The molecule has 0 unspecified atom stereocenters. The predicted octanol–water partition coefficient (Wildman–Crippen LogP) is 3.66. The highest BCUT2D eigenvalue weighted by atomic mass is 16.1. The van der Waals surface area contributed by atoms with E-state index in [0.717, 1.165) is 29.8 Å². The van der Waals surface area contributed by atoms with Crippen LogP contribution in [0.1, 0.15) is 36.2 Å². The van der Waals surface area contributed by atoms with Crippen LogP contribution in [0.15, 0.2) is 48.7 Å². The number of hydrogen-bond acceptors (Lipinski definition) is 5. The molecule has 4 rings (SSSR count). The largest absolute Gasteiger partial charge is 0.355 e. The van der Waals surface area contributed by atoms with Crippen molar-refractivity contribution in [3.8, 4) is 0 Å². The van der Waals surface area contributed by atoms with E-state index in [0.29, 0.717) is 11.4 Å². The number of carbonyl (C=O) groups is 1. The summed E-state index contributed by atoms with van der Waals surface area (Å²) in [6.45, 7) is 2.00. The van der Waals surface area contributed by atoms with Gasteiger partial charge in [-0.05, 0) is 37.1 Å². The zero-order valence-electron chi connectivity index (χ0n) is 14.6. The maximum Gasteiger partial charge on any atom is 0.276 e. The zero-order valence-corrected chi connectivity index (χ0v) is 14.6. The molecule has 0 saturated carbocycles. The number of amides is 1. The highest BCUT2D eigenvalue weighted by molar-refractivity contribution is 6.07. The number of anilines is 2. The number of nitrogens with one attached hydrogen (secondary N) is 1. The average molecular weight is 347 g/mol. The van der Waals surface area contributed by atoms with E-state index in [1.165, 1.54) is 25.7 Å². The highest BCUT2D eigenvalue weighted by Gasteiger charge is 2.14. The molecule has 2 aromatic heterocycles. The van der Waals surface area contributed by atoms with Crippen molar-refractivity contribution in [1.29, 1.82) is 0 Å². The molecule has 0 bridgehead atoms. The normalized spacial score (nSPS) is 14.8. The number of aromatic nitrogens is 3. The van der Waals surface area contributed by atoms with Gasteiger partial charge in [0.1, 0.15) is 0 Å². The van der Waals surface area contributed by atoms with Gasteiger partial charge in [0.15, 0.2) is 11.5 Å². The van der Waals surface area contributed by atoms with Crippen molar-refractivity contribution in [2.24, 2.45) is 0 Å². The summed E-state index contributed by atoms with van der Waals surface area (Å²) in [7, 11) is 0. The Balaban J connectivity index is 1.51. The van der Waals surface area contributed by atoms with E-state index < -0.39 is 0 Å². The number of nitrogens with zero attached hydrogens (tertiary/aromatic N) is 4. The molecule has 1 fully saturated rings. The van der Waals surface area contributed by atoms with Gasteiger partial charge in [0.25, 0.3) is 5.91 Å². The van der Waals surface area contributed by atoms with Gasteiger partial charge in [0, 0.05) is 24.7 Å². The predicted molar refractivity (Wildman–Crippen MR) is 102 cm³/mol. The number of benzene rings is 1. The van der Waals surface area contributed by atoms with Gasteiger partial charge in [0.2, 0.25) is 0 Å². The molecule has 3 aromatic rings. The number of fused-ring (bicyclic) bond motifs is 1. The lowest BCUT2D eigenvalue weighted by Gasteiger charge is -2.20. The van der Waals surface area contributed by atoms with Crippen LogP contribution in [0.3, 0.4) is 0 Å². The summed E-state index contributed by atoms with van der Waals surface area (Å²) in [6.07, 6.45) is 6.61. The van der Waals surface area contributed by atoms with Gasteiger partial charge in [-0.25, -0.2) is 0 Å². The van der Waals surface area contributed by atoms with Gasteiger partial charge < -0.3 is 10.2 Å². The quantitative estimate of drug-likeness (QED) is 0.783. The monoisotopic (exact) mass is 347 g/mol. The fourth-order valence-electron chi connectivity index (χ4n) is 3.31. The molecule has 1 aromatic carbocycles. The Bertz CT molecular complexity index is 896. The molecular formula is C20H21N5O. The van der Waals surface area contributed by atoms with Crippen molar-refractivity contribution in [3.63, 3.8) is 0 Å². The van der Waals surface area contributed by atoms with Crippen LogP contribution in [0.4, 0.5) is 11.5 Å². The lowest BCUT2D eigenvalue weighted by atomic mass is 10.2. The maximum absolute atomic E-state index is 12.5. The number of pyridine rings is 1. The molecular weight excluding hydrogens is 326 g/mol. The molecule has 1 N–H and O–H groups in total. The van der Waals surface area contributed by atoms with E-state index in [-0.39, 0.29) is 5.91 Å². The molecule has 6 heteroatoms. The first-order valence-electron chi connectivity index (χ1n) is 9.05. The van der Waals surface area contributed by atoms with E-state index in [1.807, 2.05) is 36.4 Å². The Labute approximate surface area is 152 Å². The lowest BCUT2D eigenvalue weighted by Crippen LogP contribution is -2.25. The standard InChI is InChI=1S/C20H21N5O/c26-20(22-16-9-5-7-15-8-6-12-21-19(15)16)17-10-11-18(24-23-17)25-13-3-1-2-4-14-25/h5-12H,1-4,13-14H2,(H,22,26). The molecule has 1 saturated heterocycles. The summed E-state index contributed by atoms with van der Waals surface area (Å²) in [6, 6.07) is 13.2. The van der Waals surface area contributed by atoms with Gasteiger partial charge >= 0.3 is 0 Å². The molecule has 0 atom stereocenters. The second kappa shape index (κ2) is 7.47. The number of para-hydroxylation sites is 1. The number of hydrogen-bond donors (Lipinski definition) is 1. The van der Waals surface area contributed by atoms with Crippen LogP contribution in [-0.4, -0.2) is 34.2 Å². The molecule has 1 aliphatic heterocycles. The minimum Gasteiger partial charge on any atom is -0.355 e. The van der Waals surface area contributed by atoms with Gasteiger partial charge in [-0.2, -0.15) is 0 Å². The van der Waals surface area contributed by atoms with E-state index in [9.17, 15) is 4.79 Å². The second-order valence-corrected chi connectivity index (χ2v) is 6.51. The molecule has 1 amide bonds. The van der Waals surface area contributed by atoms with Crippen molar-refractivity contribution in [1.82, 2.24) is 15.2 Å². The summed E-state index contributed by atoms with van der Waals surface area (Å²) >= 11 is 0. The first-order valence-corrected chi connectivity index (χ1v) is 9.05. The summed E-state index contributed by atoms with van der Waals surface area (Å²) in [5.74, 6) is 0.563. The Hall–Kier alpha value is -3.02. The van der Waals surface area contributed by atoms with Gasteiger partial charge in [0.05, 0.1) is 11.2 Å². The summed E-state index contributed by atoms with van der Waals surface area (Å²) < 4.78 is 0. The Kier molecular flexibility index (Phi) is 4.73. The molecule has 6 nitrogen and oxygen atoms in total. The van der Waals surface area contributed by atoms with Crippen molar-refractivity contribution < 1.29 is 4.79 Å². The molecule has 0 spiro atoms. The van der Waals surface area contributed by atoms with Gasteiger partial charge in [-0.1, -0.05) is 31.0 Å². The second-order valence-electron chi connectivity index (χ2n) is 6.51. The third-order valence-corrected chi connectivity index (χ3v) is 4.69. The Morgan fingerprint density at radius 3 is 2.50 bits per heavy atom. The lowest BCUT2D eigenvalue weighted by molar-refractivity contribution is 0.102. The Morgan fingerprint density at radius 2 is 1.73 bits per heavy atom. The van der Waals surface area contributed by atoms with Gasteiger partial charge in [-0.15, -0.1) is 10.2 Å². The van der Waals surface area contributed by atoms with Crippen molar-refractivity contribution in [2.75, 3.05) is 23.3 Å². The minimum atomic E-state index is -0.280. The van der Waals surface area contributed by atoms with Gasteiger partial charge in [-0.3, -0.25) is 9.78 Å². The maximum atomic E-state index is 12.5. The summed E-state index contributed by atoms with van der Waals surface area (Å²) in [5.41, 5.74) is 1.74. The van der Waals surface area contributed by atoms with Crippen LogP contribution in [0.25, 0.3) is 10.9 Å². The third-order valence-electron chi connectivity index (χ3n) is 4.69. The minimum absolute atomic E-state index is 0.280. The fourth-order valence-corrected chi connectivity index (χ4v) is 3.31. The fraction of sp³-hybridized carbons (Fsp3) is 0.300. The first-order chi connectivity index (χ1) is 12.8. The van der Waals surface area contributed by atoms with Crippen molar-refractivity contribution >= 4 is 28.3 Å². The van der Waals surface area contributed by atoms with Crippen molar-refractivity contribution in [2.45, 2.75) is 25.7 Å².